The number of aromatic nitrogens is 1. The van der Waals surface area contributed by atoms with E-state index >= 15 is 0 Å². The largest absolute Gasteiger partial charge is 0.349 e. The molecule has 1 fully saturated rings. The monoisotopic (exact) mass is 361 g/mol. The Morgan fingerprint density at radius 2 is 2.00 bits per heavy atom. The summed E-state index contributed by atoms with van der Waals surface area (Å²) in [5, 5.41) is 7.80. The number of hydrogen-bond acceptors (Lipinski definition) is 3. The second kappa shape index (κ2) is 8.53. The molecular weight excluding hydrogens is 345 g/mol. The molecule has 1 aromatic heterocycles. The Morgan fingerprint density at radius 1 is 1.27 bits per heavy atom. The second-order valence-electron chi connectivity index (χ2n) is 5.03. The van der Waals surface area contributed by atoms with E-state index < -0.39 is 0 Å². The normalized spacial score (nSPS) is 14.8. The number of amides is 1. The molecule has 7 heteroatoms. The summed E-state index contributed by atoms with van der Waals surface area (Å²) in [7, 11) is 0. The molecule has 3 rings (SSSR count). The van der Waals surface area contributed by atoms with E-state index in [9.17, 15) is 4.79 Å². The minimum Gasteiger partial charge on any atom is -0.349 e. The highest BCUT2D eigenvalue weighted by Crippen LogP contribution is 2.22. The molecule has 2 aromatic rings. The minimum atomic E-state index is -0.0944. The average Bonchev–Trinajstić information content (AvgIpc) is 2.47. The van der Waals surface area contributed by atoms with E-state index in [1.54, 1.807) is 12.3 Å². The summed E-state index contributed by atoms with van der Waals surface area (Å²) < 4.78 is 0. The van der Waals surface area contributed by atoms with Crippen molar-refractivity contribution in [1.82, 2.24) is 15.6 Å². The van der Waals surface area contributed by atoms with Gasteiger partial charge in [0.1, 0.15) is 0 Å². The number of rotatable bonds is 2. The van der Waals surface area contributed by atoms with Crippen molar-refractivity contribution in [2.24, 2.45) is 0 Å². The van der Waals surface area contributed by atoms with E-state index in [-0.39, 0.29) is 36.8 Å². The zero-order valence-electron chi connectivity index (χ0n) is 11.8. The lowest BCUT2D eigenvalue weighted by Crippen LogP contribution is -2.42. The quantitative estimate of drug-likeness (QED) is 0.862. The molecule has 1 aliphatic rings. The van der Waals surface area contributed by atoms with Crippen LogP contribution in [0, 0.1) is 0 Å². The van der Waals surface area contributed by atoms with Crippen LogP contribution in [0.25, 0.3) is 10.9 Å². The van der Waals surface area contributed by atoms with Crippen molar-refractivity contribution in [3.05, 3.63) is 41.0 Å². The third-order valence-electron chi connectivity index (χ3n) is 3.59. The molecule has 4 nitrogen and oxygen atoms in total. The van der Waals surface area contributed by atoms with Gasteiger partial charge in [-0.1, -0.05) is 17.7 Å². The number of nitrogens with one attached hydrogen (secondary N) is 2. The maximum Gasteiger partial charge on any atom is 0.253 e. The lowest BCUT2D eigenvalue weighted by Gasteiger charge is -2.23. The van der Waals surface area contributed by atoms with E-state index in [1.165, 1.54) is 0 Å². The van der Waals surface area contributed by atoms with Crippen LogP contribution in [0.3, 0.4) is 0 Å². The van der Waals surface area contributed by atoms with Crippen LogP contribution in [0.2, 0.25) is 5.02 Å². The summed E-state index contributed by atoms with van der Waals surface area (Å²) in [5.41, 5.74) is 1.25. The zero-order valence-corrected chi connectivity index (χ0v) is 14.2. The molecular formula is C15H18Cl3N3O. The molecule has 0 aliphatic carbocycles. The molecule has 22 heavy (non-hydrogen) atoms. The SMILES string of the molecule is Cl.Cl.O=C(NC1CCNCC1)c1cc(Cl)cc2cccnc12. The molecule has 0 unspecified atom stereocenters. The van der Waals surface area contributed by atoms with Gasteiger partial charge in [-0.2, -0.15) is 0 Å². The third-order valence-corrected chi connectivity index (χ3v) is 3.81. The van der Waals surface area contributed by atoms with E-state index in [0.29, 0.717) is 16.1 Å². The number of pyridine rings is 1. The van der Waals surface area contributed by atoms with Crippen LogP contribution in [-0.2, 0) is 0 Å². The fourth-order valence-corrected chi connectivity index (χ4v) is 2.78. The van der Waals surface area contributed by atoms with Crippen molar-refractivity contribution in [2.75, 3.05) is 13.1 Å². The Hall–Kier alpha value is -1.07. The van der Waals surface area contributed by atoms with E-state index in [4.69, 9.17) is 11.6 Å². The Morgan fingerprint density at radius 3 is 2.73 bits per heavy atom. The van der Waals surface area contributed by atoms with E-state index in [2.05, 4.69) is 15.6 Å². The summed E-state index contributed by atoms with van der Waals surface area (Å²) in [6, 6.07) is 7.49. The van der Waals surface area contributed by atoms with Gasteiger partial charge in [0.15, 0.2) is 0 Å². The fourth-order valence-electron chi connectivity index (χ4n) is 2.56. The van der Waals surface area contributed by atoms with Gasteiger partial charge in [0.2, 0.25) is 0 Å². The zero-order chi connectivity index (χ0) is 13.9. The molecule has 1 aromatic carbocycles. The number of carbonyl (C=O) groups is 1. The highest BCUT2D eigenvalue weighted by atomic mass is 35.5. The van der Waals surface area contributed by atoms with E-state index in [0.717, 1.165) is 31.3 Å². The maximum absolute atomic E-state index is 12.4. The number of nitrogens with zero attached hydrogens (tertiary/aromatic N) is 1. The van der Waals surface area contributed by atoms with Gasteiger partial charge in [-0.05, 0) is 44.1 Å². The molecule has 1 aliphatic heterocycles. The summed E-state index contributed by atoms with van der Waals surface area (Å²) >= 11 is 6.09. The van der Waals surface area contributed by atoms with E-state index in [1.807, 2.05) is 18.2 Å². The highest BCUT2D eigenvalue weighted by molar-refractivity contribution is 6.32. The third kappa shape index (κ3) is 4.23. The van der Waals surface area contributed by atoms with Gasteiger partial charge < -0.3 is 10.6 Å². The summed E-state index contributed by atoms with van der Waals surface area (Å²) in [5.74, 6) is -0.0944. The maximum atomic E-state index is 12.4. The Kier molecular flexibility index (Phi) is 7.36. The molecule has 2 N–H and O–H groups in total. The molecule has 0 spiro atoms. The first-order chi connectivity index (χ1) is 9.74. The summed E-state index contributed by atoms with van der Waals surface area (Å²) in [6.45, 7) is 1.89. The number of carbonyl (C=O) groups excluding carboxylic acids is 1. The summed E-state index contributed by atoms with van der Waals surface area (Å²) in [6.07, 6.45) is 3.60. The van der Waals surface area contributed by atoms with Crippen molar-refractivity contribution >= 4 is 53.2 Å². The van der Waals surface area contributed by atoms with Gasteiger partial charge in [-0.25, -0.2) is 0 Å². The second-order valence-corrected chi connectivity index (χ2v) is 5.46. The molecule has 1 saturated heterocycles. The fraction of sp³-hybridized carbons (Fsp3) is 0.333. The Bertz CT molecular complexity index is 645. The lowest BCUT2D eigenvalue weighted by molar-refractivity contribution is 0.0931. The van der Waals surface area contributed by atoms with Crippen molar-refractivity contribution in [1.29, 1.82) is 0 Å². The number of piperidine rings is 1. The highest BCUT2D eigenvalue weighted by Gasteiger charge is 2.18. The molecule has 0 radical (unpaired) electrons. The van der Waals surface area contributed by atoms with Gasteiger partial charge in [0, 0.05) is 22.6 Å². The Balaban J connectivity index is 0.00000121. The van der Waals surface area contributed by atoms with Gasteiger partial charge in [0.25, 0.3) is 5.91 Å². The molecule has 120 valence electrons. The smallest absolute Gasteiger partial charge is 0.253 e. The van der Waals surface area contributed by atoms with Gasteiger partial charge >= 0.3 is 0 Å². The number of hydrogen-bond donors (Lipinski definition) is 2. The number of halogens is 3. The molecule has 0 atom stereocenters. The van der Waals surface area contributed by atoms with Crippen LogP contribution >= 0.6 is 36.4 Å². The first-order valence-electron chi connectivity index (χ1n) is 6.80. The van der Waals surface area contributed by atoms with Crippen molar-refractivity contribution < 1.29 is 4.79 Å². The van der Waals surface area contributed by atoms with Gasteiger partial charge in [-0.15, -0.1) is 24.8 Å². The number of fused-ring (bicyclic) bond motifs is 1. The van der Waals surface area contributed by atoms with Crippen molar-refractivity contribution in [3.63, 3.8) is 0 Å². The van der Waals surface area contributed by atoms with Crippen molar-refractivity contribution in [3.8, 4) is 0 Å². The van der Waals surface area contributed by atoms with Crippen LogP contribution in [-0.4, -0.2) is 30.0 Å². The van der Waals surface area contributed by atoms with Crippen LogP contribution in [0.5, 0.6) is 0 Å². The predicted octanol–water partition coefficient (Wildman–Crippen LogP) is 3.21. The Labute approximate surface area is 146 Å². The minimum absolute atomic E-state index is 0. The summed E-state index contributed by atoms with van der Waals surface area (Å²) in [4.78, 5) is 16.8. The lowest BCUT2D eigenvalue weighted by atomic mass is 10.0. The van der Waals surface area contributed by atoms with Crippen LogP contribution in [0.1, 0.15) is 23.2 Å². The van der Waals surface area contributed by atoms with Gasteiger partial charge in [-0.3, -0.25) is 9.78 Å². The molecule has 1 amide bonds. The number of benzene rings is 1. The van der Waals surface area contributed by atoms with Crippen LogP contribution in [0.15, 0.2) is 30.5 Å². The molecule has 2 heterocycles. The molecule has 0 bridgehead atoms. The average molecular weight is 363 g/mol. The van der Waals surface area contributed by atoms with Crippen LogP contribution < -0.4 is 10.6 Å². The standard InChI is InChI=1S/C15H16ClN3O.2ClH/c16-11-8-10-2-1-5-18-14(10)13(9-11)15(20)19-12-3-6-17-7-4-12;;/h1-2,5,8-9,12,17H,3-4,6-7H2,(H,19,20);2*1H. The van der Waals surface area contributed by atoms with Crippen molar-refractivity contribution in [2.45, 2.75) is 18.9 Å². The topological polar surface area (TPSA) is 54.0 Å². The first-order valence-corrected chi connectivity index (χ1v) is 7.18. The van der Waals surface area contributed by atoms with Crippen LogP contribution in [0.4, 0.5) is 0 Å². The van der Waals surface area contributed by atoms with Gasteiger partial charge in [0.05, 0.1) is 11.1 Å². The molecule has 0 saturated carbocycles. The first kappa shape index (κ1) is 19.0. The predicted molar refractivity (Wildman–Crippen MR) is 94.6 cm³/mol.